The lowest BCUT2D eigenvalue weighted by molar-refractivity contribution is -0.313. The van der Waals surface area contributed by atoms with Crippen molar-refractivity contribution in [2.75, 3.05) is 19.8 Å². The largest absolute Gasteiger partial charge is 0.548 e. The molecule has 0 unspecified atom stereocenters. The van der Waals surface area contributed by atoms with Crippen LogP contribution >= 0.6 is 0 Å². The Bertz CT molecular complexity index is 283. The van der Waals surface area contributed by atoms with E-state index in [1.54, 1.807) is 20.8 Å². The third-order valence-corrected chi connectivity index (χ3v) is 2.03. The quantitative estimate of drug-likeness (QED) is 0.599. The number of nitrogens with zero attached hydrogens (tertiary/aromatic N) is 1. The Labute approximate surface area is 94.1 Å². The highest BCUT2D eigenvalue weighted by molar-refractivity contribution is 5.79. The number of aliphatic carboxylic acids is 1. The van der Waals surface area contributed by atoms with E-state index in [1.165, 1.54) is 0 Å². The summed E-state index contributed by atoms with van der Waals surface area (Å²) >= 11 is 0. The van der Waals surface area contributed by atoms with Gasteiger partial charge in [-0.1, -0.05) is 0 Å². The molecule has 6 heteroatoms. The zero-order valence-corrected chi connectivity index (χ0v) is 9.69. The summed E-state index contributed by atoms with van der Waals surface area (Å²) in [5, 5.41) is 10.8. The average molecular weight is 230 g/mol. The minimum atomic E-state index is -1.33. The van der Waals surface area contributed by atoms with E-state index < -0.39 is 23.7 Å². The first-order valence-electron chi connectivity index (χ1n) is 5.09. The van der Waals surface area contributed by atoms with E-state index in [9.17, 15) is 14.7 Å². The van der Waals surface area contributed by atoms with E-state index in [4.69, 9.17) is 9.47 Å². The van der Waals surface area contributed by atoms with Crippen LogP contribution in [0.15, 0.2) is 0 Å². The van der Waals surface area contributed by atoms with Gasteiger partial charge in [0.2, 0.25) is 0 Å². The molecule has 1 rings (SSSR count). The molecule has 1 fully saturated rings. The maximum atomic E-state index is 11.7. The number of ether oxygens (including phenoxy) is 2. The lowest BCUT2D eigenvalue weighted by Gasteiger charge is -2.36. The number of carbonyl (C=O) groups is 2. The second-order valence-electron chi connectivity index (χ2n) is 4.58. The fraction of sp³-hybridized carbons (Fsp3) is 0.800. The zero-order chi connectivity index (χ0) is 12.3. The molecule has 0 aromatic carbocycles. The van der Waals surface area contributed by atoms with Gasteiger partial charge in [0.05, 0.1) is 25.2 Å². The third-order valence-electron chi connectivity index (χ3n) is 2.03. The van der Waals surface area contributed by atoms with Crippen LogP contribution in [0.3, 0.4) is 0 Å². The molecule has 1 amide bonds. The number of carbonyl (C=O) groups excluding carboxylic acids is 2. The minimum Gasteiger partial charge on any atom is -0.548 e. The Morgan fingerprint density at radius 1 is 1.44 bits per heavy atom. The molecule has 0 aliphatic carbocycles. The molecule has 1 atom stereocenters. The molecule has 92 valence electrons. The summed E-state index contributed by atoms with van der Waals surface area (Å²) in [4.78, 5) is 23.6. The Kier molecular flexibility index (Phi) is 3.74. The van der Waals surface area contributed by atoms with Gasteiger partial charge in [0.1, 0.15) is 5.60 Å². The summed E-state index contributed by atoms with van der Waals surface area (Å²) in [6.45, 7) is 5.62. The minimum absolute atomic E-state index is 0.0540. The van der Waals surface area contributed by atoms with Crippen LogP contribution in [0.25, 0.3) is 0 Å². The fourth-order valence-corrected chi connectivity index (χ4v) is 1.34. The highest BCUT2D eigenvalue weighted by atomic mass is 16.6. The number of carboxylic acid groups (broad SMARTS) is 1. The first kappa shape index (κ1) is 12.8. The van der Waals surface area contributed by atoms with Crippen molar-refractivity contribution in [3.63, 3.8) is 0 Å². The lowest BCUT2D eigenvalue weighted by Crippen LogP contribution is -2.57. The Morgan fingerprint density at radius 2 is 2.06 bits per heavy atom. The van der Waals surface area contributed by atoms with Crippen molar-refractivity contribution in [2.24, 2.45) is 0 Å². The topological polar surface area (TPSA) is 78.9 Å². The van der Waals surface area contributed by atoms with Crippen LogP contribution in [0, 0.1) is 0 Å². The smallest absolute Gasteiger partial charge is 0.411 e. The third kappa shape index (κ3) is 3.37. The molecule has 0 spiro atoms. The summed E-state index contributed by atoms with van der Waals surface area (Å²) in [7, 11) is 0. The summed E-state index contributed by atoms with van der Waals surface area (Å²) < 4.78 is 10.1. The van der Waals surface area contributed by atoms with Gasteiger partial charge in [-0.3, -0.25) is 4.90 Å². The van der Waals surface area contributed by atoms with Gasteiger partial charge in [0.25, 0.3) is 0 Å². The van der Waals surface area contributed by atoms with Crippen LogP contribution in [-0.2, 0) is 14.3 Å². The van der Waals surface area contributed by atoms with Crippen molar-refractivity contribution >= 4 is 12.1 Å². The van der Waals surface area contributed by atoms with Crippen LogP contribution in [0.4, 0.5) is 4.79 Å². The number of carboxylic acids is 1. The van der Waals surface area contributed by atoms with Gasteiger partial charge in [-0.15, -0.1) is 0 Å². The van der Waals surface area contributed by atoms with E-state index in [1.807, 2.05) is 0 Å². The predicted molar refractivity (Wildman–Crippen MR) is 52.6 cm³/mol. The van der Waals surface area contributed by atoms with Gasteiger partial charge in [-0.2, -0.15) is 0 Å². The van der Waals surface area contributed by atoms with E-state index in [0.717, 1.165) is 4.90 Å². The number of amides is 1. The lowest BCUT2D eigenvalue weighted by atomic mass is 10.2. The molecule has 1 aliphatic heterocycles. The number of morpholine rings is 1. The monoisotopic (exact) mass is 230 g/mol. The Morgan fingerprint density at radius 3 is 2.56 bits per heavy atom. The molecule has 0 N–H and O–H groups in total. The molecule has 0 aromatic heterocycles. The Balaban J connectivity index is 2.68. The van der Waals surface area contributed by atoms with Crippen molar-refractivity contribution in [3.05, 3.63) is 0 Å². The molecule has 0 saturated carbocycles. The van der Waals surface area contributed by atoms with E-state index in [-0.39, 0.29) is 13.2 Å². The highest BCUT2D eigenvalue weighted by Gasteiger charge is 2.31. The molecule has 0 radical (unpaired) electrons. The molecule has 1 heterocycles. The second-order valence-corrected chi connectivity index (χ2v) is 4.58. The van der Waals surface area contributed by atoms with Crippen molar-refractivity contribution in [3.8, 4) is 0 Å². The highest BCUT2D eigenvalue weighted by Crippen LogP contribution is 2.14. The van der Waals surface area contributed by atoms with Crippen molar-refractivity contribution in [2.45, 2.75) is 32.4 Å². The van der Waals surface area contributed by atoms with Crippen molar-refractivity contribution in [1.29, 1.82) is 0 Å². The van der Waals surface area contributed by atoms with Gasteiger partial charge in [-0.05, 0) is 20.8 Å². The van der Waals surface area contributed by atoms with Crippen molar-refractivity contribution in [1.82, 2.24) is 4.90 Å². The van der Waals surface area contributed by atoms with Gasteiger partial charge in [0, 0.05) is 6.54 Å². The molecule has 1 aliphatic rings. The van der Waals surface area contributed by atoms with E-state index in [2.05, 4.69) is 0 Å². The molecule has 6 nitrogen and oxygen atoms in total. The molecule has 16 heavy (non-hydrogen) atoms. The maximum absolute atomic E-state index is 11.7. The number of hydrogen-bond donors (Lipinski definition) is 0. The van der Waals surface area contributed by atoms with Gasteiger partial charge in [-0.25, -0.2) is 4.79 Å². The predicted octanol–water partition coefficient (Wildman–Crippen LogP) is -0.628. The first-order chi connectivity index (χ1) is 7.31. The Hall–Kier alpha value is -1.30. The fourth-order valence-electron chi connectivity index (χ4n) is 1.34. The van der Waals surface area contributed by atoms with Crippen LogP contribution in [-0.4, -0.2) is 48.4 Å². The second kappa shape index (κ2) is 4.69. The van der Waals surface area contributed by atoms with Crippen molar-refractivity contribution < 1.29 is 24.2 Å². The van der Waals surface area contributed by atoms with Gasteiger partial charge < -0.3 is 19.4 Å². The van der Waals surface area contributed by atoms with Crippen LogP contribution in [0.2, 0.25) is 0 Å². The molecular formula is C10H16NO5-. The molecular weight excluding hydrogens is 214 g/mol. The molecule has 0 bridgehead atoms. The average Bonchev–Trinajstić information content (AvgIpc) is 2.15. The van der Waals surface area contributed by atoms with Crippen LogP contribution in [0.5, 0.6) is 0 Å². The van der Waals surface area contributed by atoms with E-state index >= 15 is 0 Å². The normalized spacial score (nSPS) is 21.7. The summed E-state index contributed by atoms with van der Waals surface area (Å²) in [5.41, 5.74) is -0.647. The summed E-state index contributed by atoms with van der Waals surface area (Å²) in [6, 6.07) is -1.07. The standard InChI is InChI=1S/C10H17NO5/c1-10(2,3)16-9(14)11-4-5-15-6-7(11)8(12)13/h7H,4-6H2,1-3H3,(H,12,13)/p-1/t7-/m0/s1. The maximum Gasteiger partial charge on any atom is 0.411 e. The number of rotatable bonds is 1. The van der Waals surface area contributed by atoms with Gasteiger partial charge in [0.15, 0.2) is 0 Å². The molecule has 0 aromatic rings. The van der Waals surface area contributed by atoms with Crippen LogP contribution in [0.1, 0.15) is 20.8 Å². The van der Waals surface area contributed by atoms with E-state index in [0.29, 0.717) is 6.61 Å². The van der Waals surface area contributed by atoms with Gasteiger partial charge >= 0.3 is 6.09 Å². The molecule has 1 saturated heterocycles. The zero-order valence-electron chi connectivity index (χ0n) is 9.69. The SMILES string of the molecule is CC(C)(C)OC(=O)N1CCOC[C@H]1C(=O)[O-]. The first-order valence-corrected chi connectivity index (χ1v) is 5.09. The summed E-state index contributed by atoms with van der Waals surface area (Å²) in [6.07, 6.45) is -0.648. The summed E-state index contributed by atoms with van der Waals surface area (Å²) in [5.74, 6) is -1.33. The van der Waals surface area contributed by atoms with Crippen LogP contribution < -0.4 is 5.11 Å². The number of hydrogen-bond acceptors (Lipinski definition) is 5.